The molecule has 2 atom stereocenters. The fraction of sp³-hybridized carbons (Fsp3) is 1.00. The Bertz CT molecular complexity index is 116. The van der Waals surface area contributed by atoms with Crippen molar-refractivity contribution in [2.24, 2.45) is 11.5 Å². The van der Waals surface area contributed by atoms with E-state index in [0.717, 1.165) is 19.3 Å². The number of methoxy groups -OCH3 is 2. The lowest BCUT2D eigenvalue weighted by molar-refractivity contribution is -0.107. The van der Waals surface area contributed by atoms with Crippen LogP contribution in [-0.2, 0) is 9.47 Å². The van der Waals surface area contributed by atoms with Crippen molar-refractivity contribution in [2.75, 3.05) is 14.2 Å². The SMILES string of the molecule is COC(CC[C@@H](N)C[C@H](C)N)OC. The van der Waals surface area contributed by atoms with E-state index in [1.54, 1.807) is 14.2 Å². The average molecular weight is 190 g/mol. The predicted octanol–water partition coefficient (Wildman–Crippen LogP) is 0.450. The monoisotopic (exact) mass is 190 g/mol. The molecule has 0 saturated carbocycles. The normalized spacial score (nSPS) is 16.2. The molecule has 0 rings (SSSR count). The van der Waals surface area contributed by atoms with Gasteiger partial charge in [-0.2, -0.15) is 0 Å². The van der Waals surface area contributed by atoms with Crippen molar-refractivity contribution < 1.29 is 9.47 Å². The molecule has 0 radical (unpaired) electrons. The van der Waals surface area contributed by atoms with E-state index in [0.29, 0.717) is 0 Å². The fourth-order valence-corrected chi connectivity index (χ4v) is 1.28. The number of rotatable bonds is 7. The summed E-state index contributed by atoms with van der Waals surface area (Å²) in [5.41, 5.74) is 11.5. The van der Waals surface area contributed by atoms with E-state index >= 15 is 0 Å². The zero-order valence-electron chi connectivity index (χ0n) is 8.82. The van der Waals surface area contributed by atoms with E-state index in [-0.39, 0.29) is 18.4 Å². The molecule has 0 aliphatic rings. The van der Waals surface area contributed by atoms with E-state index < -0.39 is 0 Å². The summed E-state index contributed by atoms with van der Waals surface area (Å²) in [4.78, 5) is 0. The Morgan fingerprint density at radius 1 is 1.08 bits per heavy atom. The second kappa shape index (κ2) is 7.26. The Morgan fingerprint density at radius 3 is 2.00 bits per heavy atom. The molecule has 13 heavy (non-hydrogen) atoms. The van der Waals surface area contributed by atoms with Crippen molar-refractivity contribution in [3.8, 4) is 0 Å². The van der Waals surface area contributed by atoms with E-state index in [9.17, 15) is 0 Å². The molecule has 4 nitrogen and oxygen atoms in total. The predicted molar refractivity (Wildman–Crippen MR) is 53.3 cm³/mol. The molecule has 0 aliphatic carbocycles. The molecule has 4 heteroatoms. The van der Waals surface area contributed by atoms with E-state index in [1.165, 1.54) is 0 Å². The zero-order chi connectivity index (χ0) is 10.3. The minimum absolute atomic E-state index is 0.140. The summed E-state index contributed by atoms with van der Waals surface area (Å²) in [6.45, 7) is 1.96. The number of ether oxygens (including phenoxy) is 2. The molecular weight excluding hydrogens is 168 g/mol. The van der Waals surface area contributed by atoms with Gasteiger partial charge in [0.1, 0.15) is 0 Å². The molecular formula is C9H22N2O2. The second-order valence-corrected chi connectivity index (χ2v) is 3.45. The van der Waals surface area contributed by atoms with Crippen LogP contribution in [0.3, 0.4) is 0 Å². The number of nitrogens with two attached hydrogens (primary N) is 2. The van der Waals surface area contributed by atoms with Crippen LogP contribution in [0.15, 0.2) is 0 Å². The summed E-state index contributed by atoms with van der Waals surface area (Å²) < 4.78 is 10.1. The summed E-state index contributed by atoms with van der Waals surface area (Å²) >= 11 is 0. The van der Waals surface area contributed by atoms with Crippen molar-refractivity contribution in [3.05, 3.63) is 0 Å². The Balaban J connectivity index is 3.49. The van der Waals surface area contributed by atoms with Crippen molar-refractivity contribution in [1.29, 1.82) is 0 Å². The Morgan fingerprint density at radius 2 is 1.62 bits per heavy atom. The molecule has 0 spiro atoms. The summed E-state index contributed by atoms with van der Waals surface area (Å²) in [5, 5.41) is 0. The van der Waals surface area contributed by atoms with E-state index in [4.69, 9.17) is 20.9 Å². The van der Waals surface area contributed by atoms with Gasteiger partial charge in [0.25, 0.3) is 0 Å². The third-order valence-corrected chi connectivity index (χ3v) is 1.97. The van der Waals surface area contributed by atoms with Crippen molar-refractivity contribution in [3.63, 3.8) is 0 Å². The molecule has 0 heterocycles. The van der Waals surface area contributed by atoms with Gasteiger partial charge in [-0.05, 0) is 26.2 Å². The van der Waals surface area contributed by atoms with Crippen LogP contribution < -0.4 is 11.5 Å². The quantitative estimate of drug-likeness (QED) is 0.572. The van der Waals surface area contributed by atoms with Crippen molar-refractivity contribution in [1.82, 2.24) is 0 Å². The Labute approximate surface area is 80.6 Å². The van der Waals surface area contributed by atoms with Gasteiger partial charge in [0.05, 0.1) is 0 Å². The molecule has 0 bridgehead atoms. The van der Waals surface area contributed by atoms with Gasteiger partial charge < -0.3 is 20.9 Å². The van der Waals surface area contributed by atoms with Crippen LogP contribution in [0, 0.1) is 0 Å². The van der Waals surface area contributed by atoms with Crippen LogP contribution in [0.25, 0.3) is 0 Å². The molecule has 0 unspecified atom stereocenters. The van der Waals surface area contributed by atoms with Gasteiger partial charge in [-0.1, -0.05) is 0 Å². The average Bonchev–Trinajstić information content (AvgIpc) is 2.05. The second-order valence-electron chi connectivity index (χ2n) is 3.45. The minimum Gasteiger partial charge on any atom is -0.356 e. The molecule has 0 aromatic carbocycles. The first-order valence-corrected chi connectivity index (χ1v) is 4.66. The molecule has 0 aliphatic heterocycles. The van der Waals surface area contributed by atoms with Gasteiger partial charge in [-0.3, -0.25) is 0 Å². The highest BCUT2D eigenvalue weighted by Gasteiger charge is 2.10. The number of hydrogen-bond acceptors (Lipinski definition) is 4. The van der Waals surface area contributed by atoms with Gasteiger partial charge in [-0.25, -0.2) is 0 Å². The largest absolute Gasteiger partial charge is 0.356 e. The highest BCUT2D eigenvalue weighted by atomic mass is 16.7. The minimum atomic E-state index is -0.140. The van der Waals surface area contributed by atoms with Gasteiger partial charge >= 0.3 is 0 Å². The third kappa shape index (κ3) is 6.95. The summed E-state index contributed by atoms with van der Waals surface area (Å²) in [6, 6.07) is 0.311. The van der Waals surface area contributed by atoms with Crippen LogP contribution in [-0.4, -0.2) is 32.6 Å². The van der Waals surface area contributed by atoms with E-state index in [2.05, 4.69) is 0 Å². The van der Waals surface area contributed by atoms with E-state index in [1.807, 2.05) is 6.92 Å². The Hall–Kier alpha value is -0.160. The standard InChI is InChI=1S/C9H22N2O2/c1-7(10)6-8(11)4-5-9(12-2)13-3/h7-9H,4-6,10-11H2,1-3H3/t7-,8+/m0/s1. The fourth-order valence-electron chi connectivity index (χ4n) is 1.28. The van der Waals surface area contributed by atoms with Crippen molar-refractivity contribution >= 4 is 0 Å². The van der Waals surface area contributed by atoms with Crippen LogP contribution in [0.2, 0.25) is 0 Å². The first kappa shape index (κ1) is 12.8. The smallest absolute Gasteiger partial charge is 0.156 e. The van der Waals surface area contributed by atoms with Gasteiger partial charge in [0.2, 0.25) is 0 Å². The first-order chi connectivity index (χ1) is 6.10. The molecule has 80 valence electrons. The number of hydrogen-bond donors (Lipinski definition) is 2. The van der Waals surface area contributed by atoms with Crippen LogP contribution >= 0.6 is 0 Å². The topological polar surface area (TPSA) is 70.5 Å². The van der Waals surface area contributed by atoms with Gasteiger partial charge in [0, 0.05) is 26.3 Å². The van der Waals surface area contributed by atoms with Crippen LogP contribution in [0.5, 0.6) is 0 Å². The lowest BCUT2D eigenvalue weighted by Crippen LogP contribution is -2.30. The molecule has 4 N–H and O–H groups in total. The molecule has 0 amide bonds. The highest BCUT2D eigenvalue weighted by molar-refractivity contribution is 4.67. The third-order valence-electron chi connectivity index (χ3n) is 1.97. The molecule has 0 aromatic rings. The maximum absolute atomic E-state index is 5.84. The molecule has 0 saturated heterocycles. The van der Waals surface area contributed by atoms with Crippen LogP contribution in [0.4, 0.5) is 0 Å². The van der Waals surface area contributed by atoms with Gasteiger partial charge in [0.15, 0.2) is 6.29 Å². The maximum atomic E-state index is 5.84. The van der Waals surface area contributed by atoms with Crippen LogP contribution in [0.1, 0.15) is 26.2 Å². The highest BCUT2D eigenvalue weighted by Crippen LogP contribution is 2.07. The summed E-state index contributed by atoms with van der Waals surface area (Å²) in [5.74, 6) is 0. The lowest BCUT2D eigenvalue weighted by Gasteiger charge is -2.17. The van der Waals surface area contributed by atoms with Crippen molar-refractivity contribution in [2.45, 2.75) is 44.6 Å². The Kier molecular flexibility index (Phi) is 7.17. The lowest BCUT2D eigenvalue weighted by atomic mass is 10.0. The molecule has 0 aromatic heterocycles. The molecule has 0 fully saturated rings. The summed E-state index contributed by atoms with van der Waals surface area (Å²) in [7, 11) is 3.26. The van der Waals surface area contributed by atoms with Gasteiger partial charge in [-0.15, -0.1) is 0 Å². The zero-order valence-corrected chi connectivity index (χ0v) is 8.82. The summed E-state index contributed by atoms with van der Waals surface area (Å²) in [6.07, 6.45) is 2.41. The first-order valence-electron chi connectivity index (χ1n) is 4.66. The maximum Gasteiger partial charge on any atom is 0.156 e.